The fourth-order valence-corrected chi connectivity index (χ4v) is 7.28. The zero-order chi connectivity index (χ0) is 39.2. The second-order valence-corrected chi connectivity index (χ2v) is 16.1. The zero-order valence-electron chi connectivity index (χ0n) is 36.2. The van der Waals surface area contributed by atoms with Crippen molar-refractivity contribution in [2.24, 2.45) is 0 Å². The molecule has 0 aromatic carbocycles. The zero-order valence-corrected chi connectivity index (χ0v) is 36.2. The second kappa shape index (κ2) is 38.0. The number of allylic oxidation sites excluding steroid dienone is 6. The third kappa shape index (κ3) is 31.3. The van der Waals surface area contributed by atoms with Gasteiger partial charge in [0.1, 0.15) is 6.10 Å². The molecule has 0 spiro atoms. The van der Waals surface area contributed by atoms with E-state index in [2.05, 4.69) is 74.1 Å². The normalized spacial score (nSPS) is 14.5. The van der Waals surface area contributed by atoms with E-state index in [0.717, 1.165) is 77.0 Å². The van der Waals surface area contributed by atoms with Gasteiger partial charge in [0.05, 0.1) is 6.61 Å². The monoisotopic (exact) mass is 757 g/mol. The van der Waals surface area contributed by atoms with Crippen LogP contribution < -0.4 is 0 Å². The lowest BCUT2D eigenvalue weighted by molar-refractivity contribution is -0.150. The minimum atomic E-state index is -0.0294. The summed E-state index contributed by atoms with van der Waals surface area (Å²) in [5.74, 6) is -0.0370. The summed E-state index contributed by atoms with van der Waals surface area (Å²) in [5.41, 5.74) is 0. The summed E-state index contributed by atoms with van der Waals surface area (Å²) in [6.45, 7) is 12.0. The number of unbranched alkanes of at least 4 members (excludes halogenated alkanes) is 15. The van der Waals surface area contributed by atoms with Gasteiger partial charge in [-0.25, -0.2) is 0 Å². The van der Waals surface area contributed by atoms with E-state index < -0.39 is 0 Å². The third-order valence-electron chi connectivity index (χ3n) is 10.9. The first-order valence-corrected chi connectivity index (χ1v) is 23.2. The number of piperidine rings is 1. The lowest BCUT2D eigenvalue weighted by atomic mass is 10.0. The molecule has 6 nitrogen and oxygen atoms in total. The Morgan fingerprint density at radius 3 is 1.59 bits per heavy atom. The quantitative estimate of drug-likeness (QED) is 0.0357. The van der Waals surface area contributed by atoms with Gasteiger partial charge in [-0.2, -0.15) is 0 Å². The number of hydrogen-bond donors (Lipinski definition) is 0. The highest BCUT2D eigenvalue weighted by Gasteiger charge is 2.22. The Bertz CT molecular complexity index is 917. The van der Waals surface area contributed by atoms with Crippen LogP contribution in [0.5, 0.6) is 0 Å². The highest BCUT2D eigenvalue weighted by Crippen LogP contribution is 2.19. The highest BCUT2D eigenvalue weighted by atomic mass is 16.5. The summed E-state index contributed by atoms with van der Waals surface area (Å²) in [6.07, 6.45) is 45.4. The first-order valence-electron chi connectivity index (χ1n) is 23.2. The van der Waals surface area contributed by atoms with E-state index in [-0.39, 0.29) is 18.0 Å². The van der Waals surface area contributed by atoms with Crippen LogP contribution in [0.1, 0.15) is 207 Å². The van der Waals surface area contributed by atoms with Crippen molar-refractivity contribution in [2.75, 3.05) is 39.8 Å². The van der Waals surface area contributed by atoms with Gasteiger partial charge in [-0.05, 0) is 136 Å². The first-order chi connectivity index (χ1) is 26.5. The third-order valence-corrected chi connectivity index (χ3v) is 10.9. The van der Waals surface area contributed by atoms with Gasteiger partial charge in [-0.15, -0.1) is 0 Å². The van der Waals surface area contributed by atoms with E-state index in [9.17, 15) is 9.59 Å². The Morgan fingerprint density at radius 1 is 0.574 bits per heavy atom. The molecule has 1 heterocycles. The van der Waals surface area contributed by atoms with Gasteiger partial charge in [-0.1, -0.05) is 128 Å². The van der Waals surface area contributed by atoms with E-state index >= 15 is 0 Å². The number of nitrogens with zero attached hydrogens (tertiary/aromatic N) is 2. The van der Waals surface area contributed by atoms with Crippen molar-refractivity contribution < 1.29 is 19.1 Å². The maximum Gasteiger partial charge on any atom is 0.306 e. The number of likely N-dealkylation sites (tertiary alicyclic amines) is 1. The van der Waals surface area contributed by atoms with E-state index in [4.69, 9.17) is 9.47 Å². The van der Waals surface area contributed by atoms with Crippen molar-refractivity contribution in [1.82, 2.24) is 9.80 Å². The standard InChI is InChI=1S/C48H88N2O4/c1-5-8-11-14-17-18-26-33-44-53-47(51)36-29-23-25-32-41-50(45-38-42-49(4)43-39-45)40-31-24-19-22-30-37-48(52)54-46(34-27-20-15-12-9-6-2)35-28-21-16-13-10-7-3/h15-18,20-21,45-46H,5-14,19,22-44H2,1-4H3/b18-17-,20-15-,21-16-. The number of carbonyl (C=O) groups excluding carboxylic acids is 2. The smallest absolute Gasteiger partial charge is 0.306 e. The molecule has 0 bridgehead atoms. The Morgan fingerprint density at radius 2 is 1.04 bits per heavy atom. The molecule has 0 atom stereocenters. The lowest BCUT2D eigenvalue weighted by Gasteiger charge is -2.37. The minimum Gasteiger partial charge on any atom is -0.466 e. The molecule has 0 amide bonds. The first kappa shape index (κ1) is 50.1. The van der Waals surface area contributed by atoms with E-state index in [0.29, 0.717) is 25.5 Å². The van der Waals surface area contributed by atoms with Gasteiger partial charge < -0.3 is 19.3 Å². The van der Waals surface area contributed by atoms with Crippen LogP contribution in [0.2, 0.25) is 0 Å². The predicted molar refractivity (Wildman–Crippen MR) is 232 cm³/mol. The Kier molecular flexibility index (Phi) is 35.2. The molecule has 0 N–H and O–H groups in total. The van der Waals surface area contributed by atoms with Crippen LogP contribution >= 0.6 is 0 Å². The molecule has 1 fully saturated rings. The van der Waals surface area contributed by atoms with Crippen LogP contribution in [-0.4, -0.2) is 73.7 Å². The predicted octanol–water partition coefficient (Wildman–Crippen LogP) is 13.1. The number of carbonyl (C=O) groups is 2. The summed E-state index contributed by atoms with van der Waals surface area (Å²) in [6, 6.07) is 0.698. The summed E-state index contributed by atoms with van der Waals surface area (Å²) in [7, 11) is 2.24. The average Bonchev–Trinajstić information content (AvgIpc) is 3.17. The molecule has 54 heavy (non-hydrogen) atoms. The average molecular weight is 757 g/mol. The van der Waals surface area contributed by atoms with Gasteiger partial charge in [0.2, 0.25) is 0 Å². The minimum absolute atomic E-state index is 0.00767. The molecule has 0 aromatic rings. The lowest BCUT2D eigenvalue weighted by Crippen LogP contribution is -2.44. The van der Waals surface area contributed by atoms with E-state index in [1.54, 1.807) is 0 Å². The number of ether oxygens (including phenoxy) is 2. The maximum atomic E-state index is 12.8. The molecule has 6 heteroatoms. The molecule has 1 aliphatic rings. The van der Waals surface area contributed by atoms with Gasteiger partial charge in [0.25, 0.3) is 0 Å². The largest absolute Gasteiger partial charge is 0.466 e. The fraction of sp³-hybridized carbons (Fsp3) is 0.833. The van der Waals surface area contributed by atoms with Crippen LogP contribution in [0.15, 0.2) is 36.5 Å². The summed E-state index contributed by atoms with van der Waals surface area (Å²) in [5, 5.41) is 0. The van der Waals surface area contributed by atoms with Gasteiger partial charge >= 0.3 is 11.9 Å². The second-order valence-electron chi connectivity index (χ2n) is 16.1. The molecule has 0 aromatic heterocycles. The molecule has 314 valence electrons. The molecule has 0 radical (unpaired) electrons. The highest BCUT2D eigenvalue weighted by molar-refractivity contribution is 5.69. The molecule has 1 aliphatic heterocycles. The Balaban J connectivity index is 2.28. The summed E-state index contributed by atoms with van der Waals surface area (Å²) >= 11 is 0. The van der Waals surface area contributed by atoms with Crippen LogP contribution in [0.4, 0.5) is 0 Å². The molecule has 0 saturated carbocycles. The molecule has 1 rings (SSSR count). The van der Waals surface area contributed by atoms with Gasteiger partial charge in [0.15, 0.2) is 0 Å². The summed E-state index contributed by atoms with van der Waals surface area (Å²) in [4.78, 5) is 30.2. The molecular formula is C48H88N2O4. The van der Waals surface area contributed by atoms with Gasteiger partial charge in [0, 0.05) is 18.9 Å². The Labute approximate surface area is 335 Å². The number of hydrogen-bond acceptors (Lipinski definition) is 6. The fourth-order valence-electron chi connectivity index (χ4n) is 7.28. The van der Waals surface area contributed by atoms with Crippen LogP contribution in [0, 0.1) is 0 Å². The SMILES string of the molecule is CCCC/C=C\CCC(CC/C=C\CCCC)OC(=O)CCCCCCCN(CCCCCCC(=O)OCCC/C=C\CCCCC)C1CCN(C)CC1. The Hall–Kier alpha value is -1.92. The van der Waals surface area contributed by atoms with Crippen molar-refractivity contribution in [3.8, 4) is 0 Å². The topological polar surface area (TPSA) is 59.1 Å². The molecule has 0 unspecified atom stereocenters. The van der Waals surface area contributed by atoms with E-state index in [1.807, 2.05) is 0 Å². The van der Waals surface area contributed by atoms with Crippen LogP contribution in [-0.2, 0) is 19.1 Å². The van der Waals surface area contributed by atoms with Crippen molar-refractivity contribution in [3.05, 3.63) is 36.5 Å². The van der Waals surface area contributed by atoms with Crippen molar-refractivity contribution in [3.63, 3.8) is 0 Å². The number of rotatable bonds is 37. The van der Waals surface area contributed by atoms with Crippen molar-refractivity contribution in [2.45, 2.75) is 219 Å². The van der Waals surface area contributed by atoms with Crippen molar-refractivity contribution in [1.29, 1.82) is 0 Å². The van der Waals surface area contributed by atoms with E-state index in [1.165, 1.54) is 122 Å². The maximum absolute atomic E-state index is 12.8. The number of esters is 2. The molecular weight excluding hydrogens is 669 g/mol. The van der Waals surface area contributed by atoms with Gasteiger partial charge in [-0.3, -0.25) is 9.59 Å². The van der Waals surface area contributed by atoms with Crippen LogP contribution in [0.3, 0.4) is 0 Å². The summed E-state index contributed by atoms with van der Waals surface area (Å²) < 4.78 is 11.5. The van der Waals surface area contributed by atoms with Crippen molar-refractivity contribution >= 4 is 11.9 Å². The molecule has 0 aliphatic carbocycles. The molecule has 1 saturated heterocycles. The van der Waals surface area contributed by atoms with Crippen LogP contribution in [0.25, 0.3) is 0 Å².